The van der Waals surface area contributed by atoms with E-state index in [1.54, 1.807) is 0 Å². The first kappa shape index (κ1) is 14.3. The average Bonchev–Trinajstić information content (AvgIpc) is 2.93. The molecule has 18 heavy (non-hydrogen) atoms. The highest BCUT2D eigenvalue weighted by Crippen LogP contribution is 2.40. The molecule has 102 valence electrons. The number of nitrogens with one attached hydrogen (secondary N) is 1. The van der Waals surface area contributed by atoms with Crippen molar-refractivity contribution in [3.63, 3.8) is 0 Å². The minimum Gasteiger partial charge on any atom is -0.312 e. The fourth-order valence-electron chi connectivity index (χ4n) is 1.97. The Morgan fingerprint density at radius 3 is 2.83 bits per heavy atom. The summed E-state index contributed by atoms with van der Waals surface area (Å²) in [6.07, 6.45) is 4.81. The van der Waals surface area contributed by atoms with Gasteiger partial charge in [0.05, 0.1) is 5.25 Å². The summed E-state index contributed by atoms with van der Waals surface area (Å²) < 4.78 is 0. The molecule has 0 aliphatic carbocycles. The van der Waals surface area contributed by atoms with Crippen LogP contribution in [0, 0.1) is 0 Å². The lowest BCUT2D eigenvalue weighted by Gasteiger charge is -2.20. The third kappa shape index (κ3) is 4.52. The molecule has 0 saturated carbocycles. The fourth-order valence-corrected chi connectivity index (χ4v) is 4.36. The van der Waals surface area contributed by atoms with E-state index in [-0.39, 0.29) is 5.54 Å². The summed E-state index contributed by atoms with van der Waals surface area (Å²) in [5, 5.41) is 15.3. The Labute approximate surface area is 118 Å². The Morgan fingerprint density at radius 1 is 1.33 bits per heavy atom. The summed E-state index contributed by atoms with van der Waals surface area (Å²) in [5.41, 5.74) is 0.215. The normalized spacial score (nSPS) is 20.5. The zero-order valence-corrected chi connectivity index (χ0v) is 13.2. The van der Waals surface area contributed by atoms with Gasteiger partial charge in [-0.1, -0.05) is 0 Å². The van der Waals surface area contributed by atoms with Gasteiger partial charge in [0.1, 0.15) is 10.0 Å². The molecule has 1 aromatic rings. The molecule has 1 saturated heterocycles. The molecule has 0 radical (unpaired) electrons. The molecule has 1 N–H and O–H groups in total. The van der Waals surface area contributed by atoms with Gasteiger partial charge in [-0.25, -0.2) is 0 Å². The van der Waals surface area contributed by atoms with Gasteiger partial charge in [-0.2, -0.15) is 11.8 Å². The molecule has 1 atom stereocenters. The van der Waals surface area contributed by atoms with Gasteiger partial charge in [-0.3, -0.25) is 0 Å². The number of nitrogens with zero attached hydrogens (tertiary/aromatic N) is 2. The smallest absolute Gasteiger partial charge is 0.130 e. The largest absolute Gasteiger partial charge is 0.312 e. The summed E-state index contributed by atoms with van der Waals surface area (Å²) in [7, 11) is 0. The molecule has 1 unspecified atom stereocenters. The lowest BCUT2D eigenvalue weighted by molar-refractivity contribution is 0.422. The Bertz CT molecular complexity index is 365. The molecule has 0 aromatic carbocycles. The van der Waals surface area contributed by atoms with E-state index in [9.17, 15) is 0 Å². The van der Waals surface area contributed by atoms with Crippen LogP contribution in [0.25, 0.3) is 0 Å². The molecular formula is C13H23N3S2. The van der Waals surface area contributed by atoms with Gasteiger partial charge < -0.3 is 5.32 Å². The molecular weight excluding hydrogens is 262 g/mol. The van der Waals surface area contributed by atoms with E-state index in [1.165, 1.54) is 28.6 Å². The highest BCUT2D eigenvalue weighted by Gasteiger charge is 2.21. The summed E-state index contributed by atoms with van der Waals surface area (Å²) in [6, 6.07) is 0. The van der Waals surface area contributed by atoms with E-state index in [2.05, 4.69) is 36.3 Å². The third-order valence-corrected chi connectivity index (χ3v) is 5.54. The molecule has 2 rings (SSSR count). The third-order valence-electron chi connectivity index (χ3n) is 2.91. The van der Waals surface area contributed by atoms with Crippen molar-refractivity contribution < 1.29 is 0 Å². The highest BCUT2D eigenvalue weighted by molar-refractivity contribution is 7.99. The predicted molar refractivity (Wildman–Crippen MR) is 80.4 cm³/mol. The molecule has 3 nitrogen and oxygen atoms in total. The van der Waals surface area contributed by atoms with Crippen LogP contribution in [0.1, 0.15) is 55.3 Å². The molecule has 5 heteroatoms. The van der Waals surface area contributed by atoms with Crippen molar-refractivity contribution in [1.29, 1.82) is 0 Å². The van der Waals surface area contributed by atoms with Crippen LogP contribution in [0.3, 0.4) is 0 Å². The van der Waals surface area contributed by atoms with E-state index in [1.807, 2.05) is 23.1 Å². The molecule has 1 fully saturated rings. The Morgan fingerprint density at radius 2 is 2.17 bits per heavy atom. The van der Waals surface area contributed by atoms with Gasteiger partial charge in [0.15, 0.2) is 0 Å². The van der Waals surface area contributed by atoms with Crippen LogP contribution in [0.5, 0.6) is 0 Å². The number of rotatable bonds is 5. The van der Waals surface area contributed by atoms with Gasteiger partial charge in [0, 0.05) is 12.0 Å². The Hall–Kier alpha value is -0.130. The second kappa shape index (κ2) is 6.35. The standard InChI is InChI=1S/C13H23N3S2/c1-13(2,3)14-8-4-7-11-15-16-12(18-11)10-6-5-9-17-10/h10,14H,4-9H2,1-3H3. The van der Waals surface area contributed by atoms with Crippen molar-refractivity contribution in [3.05, 3.63) is 10.0 Å². The van der Waals surface area contributed by atoms with Crippen LogP contribution in [-0.2, 0) is 6.42 Å². The molecule has 1 aliphatic heterocycles. The lowest BCUT2D eigenvalue weighted by atomic mass is 10.1. The van der Waals surface area contributed by atoms with Crippen molar-refractivity contribution in [1.82, 2.24) is 15.5 Å². The molecule has 1 aliphatic rings. The van der Waals surface area contributed by atoms with E-state index in [0.717, 1.165) is 19.4 Å². The van der Waals surface area contributed by atoms with Gasteiger partial charge in [0.2, 0.25) is 0 Å². The maximum atomic E-state index is 4.35. The first-order valence-corrected chi connectivity index (χ1v) is 8.60. The highest BCUT2D eigenvalue weighted by atomic mass is 32.2. The topological polar surface area (TPSA) is 37.8 Å². The van der Waals surface area contributed by atoms with Gasteiger partial charge in [-0.15, -0.1) is 21.5 Å². The maximum absolute atomic E-state index is 4.35. The first-order valence-electron chi connectivity index (χ1n) is 6.73. The zero-order chi connectivity index (χ0) is 13.0. The lowest BCUT2D eigenvalue weighted by Crippen LogP contribution is -2.36. The van der Waals surface area contributed by atoms with Gasteiger partial charge in [-0.05, 0) is 52.3 Å². The van der Waals surface area contributed by atoms with Crippen molar-refractivity contribution >= 4 is 23.1 Å². The number of hydrogen-bond donors (Lipinski definition) is 1. The van der Waals surface area contributed by atoms with E-state index in [0.29, 0.717) is 5.25 Å². The minimum atomic E-state index is 0.215. The van der Waals surface area contributed by atoms with Crippen LogP contribution in [-0.4, -0.2) is 28.0 Å². The second-order valence-electron chi connectivity index (χ2n) is 5.82. The fraction of sp³-hybridized carbons (Fsp3) is 0.846. The van der Waals surface area contributed by atoms with Crippen molar-refractivity contribution in [2.24, 2.45) is 0 Å². The van der Waals surface area contributed by atoms with Crippen LogP contribution in [0.4, 0.5) is 0 Å². The number of aryl methyl sites for hydroxylation is 1. The van der Waals surface area contributed by atoms with Crippen LogP contribution in [0.2, 0.25) is 0 Å². The van der Waals surface area contributed by atoms with Crippen molar-refractivity contribution in [3.8, 4) is 0 Å². The van der Waals surface area contributed by atoms with E-state index < -0.39 is 0 Å². The molecule has 1 aromatic heterocycles. The molecule has 0 amide bonds. The van der Waals surface area contributed by atoms with Crippen LogP contribution >= 0.6 is 23.1 Å². The second-order valence-corrected chi connectivity index (χ2v) is 8.22. The maximum Gasteiger partial charge on any atom is 0.130 e. The molecule has 0 spiro atoms. The minimum absolute atomic E-state index is 0.215. The summed E-state index contributed by atoms with van der Waals surface area (Å²) in [5.74, 6) is 1.29. The SMILES string of the molecule is CC(C)(C)NCCCc1nnc(C2CCCS2)s1. The number of thioether (sulfide) groups is 1. The van der Waals surface area contributed by atoms with Gasteiger partial charge in [0.25, 0.3) is 0 Å². The van der Waals surface area contributed by atoms with E-state index >= 15 is 0 Å². The van der Waals surface area contributed by atoms with Gasteiger partial charge >= 0.3 is 0 Å². The van der Waals surface area contributed by atoms with Crippen LogP contribution in [0.15, 0.2) is 0 Å². The van der Waals surface area contributed by atoms with Crippen molar-refractivity contribution in [2.45, 2.75) is 57.2 Å². The predicted octanol–water partition coefficient (Wildman–Crippen LogP) is 3.43. The first-order chi connectivity index (χ1) is 8.54. The van der Waals surface area contributed by atoms with Crippen molar-refractivity contribution in [2.75, 3.05) is 12.3 Å². The molecule has 2 heterocycles. The van der Waals surface area contributed by atoms with Crippen LogP contribution < -0.4 is 5.32 Å². The number of hydrogen-bond acceptors (Lipinski definition) is 5. The number of aromatic nitrogens is 2. The summed E-state index contributed by atoms with van der Waals surface area (Å²) in [6.45, 7) is 7.66. The molecule has 0 bridgehead atoms. The monoisotopic (exact) mass is 285 g/mol. The average molecular weight is 285 g/mol. The summed E-state index contributed by atoms with van der Waals surface area (Å²) >= 11 is 3.85. The zero-order valence-electron chi connectivity index (χ0n) is 11.5. The quantitative estimate of drug-likeness (QED) is 0.841. The van der Waals surface area contributed by atoms with E-state index in [4.69, 9.17) is 0 Å². The Balaban J connectivity index is 1.73. The Kier molecular flexibility index (Phi) is 5.04. The summed E-state index contributed by atoms with van der Waals surface area (Å²) in [4.78, 5) is 0.